The molecule has 3 aromatic rings. The molecule has 0 saturated heterocycles. The quantitative estimate of drug-likeness (QED) is 0.542. The largest absolute Gasteiger partial charge is 0.348 e. The summed E-state index contributed by atoms with van der Waals surface area (Å²) in [5.74, 6) is -0.359. The summed E-state index contributed by atoms with van der Waals surface area (Å²) in [5, 5.41) is 5.51. The van der Waals surface area contributed by atoms with Gasteiger partial charge in [0.1, 0.15) is 0 Å². The third kappa shape index (κ3) is 5.96. The number of hydrogen-bond donors (Lipinski definition) is 2. The van der Waals surface area contributed by atoms with Crippen molar-refractivity contribution in [2.24, 2.45) is 0 Å². The van der Waals surface area contributed by atoms with Gasteiger partial charge in [-0.2, -0.15) is 0 Å². The second-order valence-corrected chi connectivity index (χ2v) is 8.19. The summed E-state index contributed by atoms with van der Waals surface area (Å²) in [6, 6.07) is 24.8. The first-order valence-corrected chi connectivity index (χ1v) is 10.4. The van der Waals surface area contributed by atoms with Gasteiger partial charge < -0.3 is 10.6 Å². The van der Waals surface area contributed by atoms with Crippen LogP contribution in [0.1, 0.15) is 28.4 Å². The molecule has 0 heterocycles. The minimum atomic E-state index is -0.293. The van der Waals surface area contributed by atoms with Gasteiger partial charge in [-0.05, 0) is 43.7 Å². The molecule has 5 heteroatoms. The van der Waals surface area contributed by atoms with Gasteiger partial charge in [0.05, 0.1) is 16.5 Å². The number of hydrogen-bond acceptors (Lipinski definition) is 3. The van der Waals surface area contributed by atoms with Gasteiger partial charge in [0.15, 0.2) is 0 Å². The minimum absolute atomic E-state index is 0.140. The lowest BCUT2D eigenvalue weighted by Crippen LogP contribution is -2.27. The number of rotatable bonds is 7. The highest BCUT2D eigenvalue weighted by atomic mass is 32.2. The average Bonchev–Trinajstić information content (AvgIpc) is 2.74. The fourth-order valence-electron chi connectivity index (χ4n) is 2.77. The van der Waals surface area contributed by atoms with Gasteiger partial charge in [-0.1, -0.05) is 60.2 Å². The first kappa shape index (κ1) is 20.7. The van der Waals surface area contributed by atoms with Crippen LogP contribution < -0.4 is 10.6 Å². The Balaban J connectivity index is 1.63. The van der Waals surface area contributed by atoms with E-state index in [2.05, 4.69) is 10.6 Å². The average molecular weight is 405 g/mol. The van der Waals surface area contributed by atoms with Gasteiger partial charge >= 0.3 is 0 Å². The summed E-state index contributed by atoms with van der Waals surface area (Å²) in [6.07, 6.45) is 0. The number of amides is 2. The molecule has 0 bridgehead atoms. The fourth-order valence-corrected chi connectivity index (χ4v) is 3.64. The molecule has 0 fully saturated rings. The van der Waals surface area contributed by atoms with Crippen molar-refractivity contribution in [1.82, 2.24) is 5.32 Å². The molecule has 148 valence electrons. The zero-order valence-electron chi connectivity index (χ0n) is 16.5. The van der Waals surface area contributed by atoms with E-state index in [-0.39, 0.29) is 17.1 Å². The summed E-state index contributed by atoms with van der Waals surface area (Å²) in [6.45, 7) is 4.32. The van der Waals surface area contributed by atoms with Crippen LogP contribution in [0.15, 0.2) is 83.8 Å². The first-order valence-electron chi connectivity index (χ1n) is 9.48. The third-order valence-corrected chi connectivity index (χ3v) is 5.54. The van der Waals surface area contributed by atoms with Gasteiger partial charge in [0, 0.05) is 11.4 Å². The number of nitrogens with one attached hydrogen (secondary N) is 2. The van der Waals surface area contributed by atoms with E-state index in [1.807, 2.05) is 68.4 Å². The smallest absolute Gasteiger partial charge is 0.253 e. The Labute approximate surface area is 175 Å². The van der Waals surface area contributed by atoms with E-state index in [0.717, 1.165) is 10.5 Å². The summed E-state index contributed by atoms with van der Waals surface area (Å²) >= 11 is 1.49. The lowest BCUT2D eigenvalue weighted by Gasteiger charge is -2.15. The second-order valence-electron chi connectivity index (χ2n) is 6.78. The van der Waals surface area contributed by atoms with E-state index < -0.39 is 0 Å². The fraction of sp³-hybridized carbons (Fsp3) is 0.167. The monoisotopic (exact) mass is 404 g/mol. The normalized spacial score (nSPS) is 11.5. The molecule has 2 N–H and O–H groups in total. The molecule has 0 radical (unpaired) electrons. The molecular formula is C24H24N2O2S. The van der Waals surface area contributed by atoms with Gasteiger partial charge in [-0.3, -0.25) is 9.59 Å². The second kappa shape index (κ2) is 9.94. The SMILES string of the molecule is Cc1ccc(S[C@H](C)C(=O)Nc2ccccc2C(=O)NCc2ccccc2)cc1. The third-order valence-electron chi connectivity index (χ3n) is 4.43. The predicted octanol–water partition coefficient (Wildman–Crippen LogP) is 5.04. The lowest BCUT2D eigenvalue weighted by molar-refractivity contribution is -0.115. The highest BCUT2D eigenvalue weighted by Crippen LogP contribution is 2.25. The number of anilines is 1. The Bertz CT molecular complexity index is 972. The van der Waals surface area contributed by atoms with Crippen molar-refractivity contribution < 1.29 is 9.59 Å². The van der Waals surface area contributed by atoms with E-state index in [1.54, 1.807) is 24.3 Å². The Kier molecular flexibility index (Phi) is 7.09. The minimum Gasteiger partial charge on any atom is -0.348 e. The predicted molar refractivity (Wildman–Crippen MR) is 119 cm³/mol. The van der Waals surface area contributed by atoms with Crippen LogP contribution in [0, 0.1) is 6.92 Å². The molecule has 0 unspecified atom stereocenters. The molecule has 3 rings (SSSR count). The number of carbonyl (C=O) groups excluding carboxylic acids is 2. The molecule has 0 saturated carbocycles. The molecule has 0 aromatic heterocycles. The molecule has 1 atom stereocenters. The van der Waals surface area contributed by atoms with Crippen molar-refractivity contribution in [3.05, 3.63) is 95.6 Å². The van der Waals surface area contributed by atoms with Crippen LogP contribution in [-0.4, -0.2) is 17.1 Å². The molecule has 0 spiro atoms. The Morgan fingerprint density at radius 3 is 2.28 bits per heavy atom. The number of carbonyl (C=O) groups is 2. The number of benzene rings is 3. The van der Waals surface area contributed by atoms with E-state index in [0.29, 0.717) is 17.8 Å². The van der Waals surface area contributed by atoms with Crippen LogP contribution in [0.25, 0.3) is 0 Å². The Morgan fingerprint density at radius 1 is 0.897 bits per heavy atom. The van der Waals surface area contributed by atoms with Crippen molar-refractivity contribution in [2.45, 2.75) is 30.5 Å². The maximum Gasteiger partial charge on any atom is 0.253 e. The van der Waals surface area contributed by atoms with Gasteiger partial charge in [0.2, 0.25) is 5.91 Å². The van der Waals surface area contributed by atoms with Crippen LogP contribution >= 0.6 is 11.8 Å². The van der Waals surface area contributed by atoms with E-state index >= 15 is 0 Å². The van der Waals surface area contributed by atoms with E-state index in [4.69, 9.17) is 0 Å². The summed E-state index contributed by atoms with van der Waals surface area (Å²) in [7, 11) is 0. The number of para-hydroxylation sites is 1. The summed E-state index contributed by atoms with van der Waals surface area (Å²) in [5.41, 5.74) is 3.16. The highest BCUT2D eigenvalue weighted by Gasteiger charge is 2.18. The van der Waals surface area contributed by atoms with Crippen molar-refractivity contribution >= 4 is 29.3 Å². The summed E-state index contributed by atoms with van der Waals surface area (Å²) in [4.78, 5) is 26.4. The van der Waals surface area contributed by atoms with Crippen LogP contribution in [0.2, 0.25) is 0 Å². The molecule has 0 aliphatic carbocycles. The molecule has 3 aromatic carbocycles. The Hall–Kier alpha value is -3.05. The van der Waals surface area contributed by atoms with Crippen molar-refractivity contribution in [2.75, 3.05) is 5.32 Å². The van der Waals surface area contributed by atoms with Gasteiger partial charge in [0.25, 0.3) is 5.91 Å². The molecule has 4 nitrogen and oxygen atoms in total. The molecule has 29 heavy (non-hydrogen) atoms. The highest BCUT2D eigenvalue weighted by molar-refractivity contribution is 8.00. The zero-order valence-corrected chi connectivity index (χ0v) is 17.3. The topological polar surface area (TPSA) is 58.2 Å². The maximum absolute atomic E-state index is 12.7. The van der Waals surface area contributed by atoms with Crippen LogP contribution in [0.3, 0.4) is 0 Å². The molecule has 0 aliphatic heterocycles. The van der Waals surface area contributed by atoms with Gasteiger partial charge in [-0.25, -0.2) is 0 Å². The lowest BCUT2D eigenvalue weighted by atomic mass is 10.1. The van der Waals surface area contributed by atoms with E-state index in [9.17, 15) is 9.59 Å². The number of thioether (sulfide) groups is 1. The van der Waals surface area contributed by atoms with Crippen molar-refractivity contribution in [3.63, 3.8) is 0 Å². The van der Waals surface area contributed by atoms with Crippen LogP contribution in [0.4, 0.5) is 5.69 Å². The van der Waals surface area contributed by atoms with Crippen molar-refractivity contribution in [1.29, 1.82) is 0 Å². The molecular weight excluding hydrogens is 380 g/mol. The standard InChI is InChI=1S/C24H24N2O2S/c1-17-12-14-20(15-13-17)29-18(2)23(27)26-22-11-7-6-10-21(22)24(28)25-16-19-8-4-3-5-9-19/h3-15,18H,16H2,1-2H3,(H,25,28)(H,26,27)/t18-/m1/s1. The molecule has 2 amide bonds. The van der Waals surface area contributed by atoms with Gasteiger partial charge in [-0.15, -0.1) is 11.8 Å². The van der Waals surface area contributed by atoms with E-state index in [1.165, 1.54) is 17.3 Å². The first-order chi connectivity index (χ1) is 14.0. The van der Waals surface area contributed by atoms with Crippen molar-refractivity contribution in [3.8, 4) is 0 Å². The number of aryl methyl sites for hydroxylation is 1. The van der Waals surface area contributed by atoms with Crippen LogP contribution in [-0.2, 0) is 11.3 Å². The maximum atomic E-state index is 12.7. The Morgan fingerprint density at radius 2 is 1.55 bits per heavy atom. The summed E-state index contributed by atoms with van der Waals surface area (Å²) < 4.78 is 0. The zero-order chi connectivity index (χ0) is 20.6. The van der Waals surface area contributed by atoms with Crippen LogP contribution in [0.5, 0.6) is 0 Å². The molecule has 0 aliphatic rings.